The summed E-state index contributed by atoms with van der Waals surface area (Å²) in [6, 6.07) is 11.2. The number of hydrogen-bond acceptors (Lipinski definition) is 3. The molecule has 1 fully saturated rings. The number of piperazine rings is 1. The fourth-order valence-corrected chi connectivity index (χ4v) is 3.09. The van der Waals surface area contributed by atoms with Gasteiger partial charge in [-0.15, -0.1) is 24.0 Å². The smallest absolute Gasteiger partial charge is 0.191 e. The third-order valence-corrected chi connectivity index (χ3v) is 4.39. The molecule has 0 amide bonds. The molecule has 0 saturated carbocycles. The molecule has 5 nitrogen and oxygen atoms in total. The molecule has 1 aliphatic rings. The van der Waals surface area contributed by atoms with Gasteiger partial charge in [0.05, 0.1) is 0 Å². The van der Waals surface area contributed by atoms with E-state index in [1.54, 1.807) is 0 Å². The summed E-state index contributed by atoms with van der Waals surface area (Å²) in [6.07, 6.45) is 1.12. The Kier molecular flexibility index (Phi) is 11.9. The van der Waals surface area contributed by atoms with E-state index >= 15 is 0 Å². The third-order valence-electron chi connectivity index (χ3n) is 4.39. The molecule has 0 aliphatic carbocycles. The van der Waals surface area contributed by atoms with Crippen LogP contribution in [0.3, 0.4) is 0 Å². The lowest BCUT2D eigenvalue weighted by molar-refractivity contribution is 0.127. The van der Waals surface area contributed by atoms with E-state index in [4.69, 9.17) is 0 Å². The Hall–Kier alpha value is -0.860. The van der Waals surface area contributed by atoms with Crippen molar-refractivity contribution in [2.75, 3.05) is 45.8 Å². The topological polar surface area (TPSA) is 42.9 Å². The minimum absolute atomic E-state index is 0. The summed E-state index contributed by atoms with van der Waals surface area (Å²) in [5, 5.41) is 6.67. The number of halogens is 1. The van der Waals surface area contributed by atoms with Gasteiger partial charge < -0.3 is 15.5 Å². The SMILES string of the molecule is CCNC(=NCCCN1CCN(Cc2ccccc2)CC1)NC(C)C.I. The molecule has 0 unspecified atom stereocenters. The van der Waals surface area contributed by atoms with Gasteiger partial charge in [0, 0.05) is 58.4 Å². The Balaban J connectivity index is 0.00000338. The number of nitrogens with one attached hydrogen (secondary N) is 2. The fourth-order valence-electron chi connectivity index (χ4n) is 3.09. The van der Waals surface area contributed by atoms with Crippen LogP contribution in [-0.2, 0) is 6.54 Å². The second kappa shape index (κ2) is 13.3. The number of hydrogen-bond donors (Lipinski definition) is 2. The molecule has 0 atom stereocenters. The quantitative estimate of drug-likeness (QED) is 0.264. The van der Waals surface area contributed by atoms with Crippen molar-refractivity contribution in [3.63, 3.8) is 0 Å². The molecule has 1 aromatic carbocycles. The summed E-state index contributed by atoms with van der Waals surface area (Å²) in [5.41, 5.74) is 1.42. The van der Waals surface area contributed by atoms with Gasteiger partial charge in [0.2, 0.25) is 0 Å². The highest BCUT2D eigenvalue weighted by Crippen LogP contribution is 2.08. The molecule has 1 aromatic rings. The number of nitrogens with zero attached hydrogens (tertiary/aromatic N) is 3. The van der Waals surface area contributed by atoms with Crippen LogP contribution in [0.25, 0.3) is 0 Å². The van der Waals surface area contributed by atoms with Crippen molar-refractivity contribution < 1.29 is 0 Å². The van der Waals surface area contributed by atoms with Crippen molar-refractivity contribution in [3.05, 3.63) is 35.9 Å². The Morgan fingerprint density at radius 3 is 2.35 bits per heavy atom. The molecule has 2 N–H and O–H groups in total. The van der Waals surface area contributed by atoms with Gasteiger partial charge in [0.1, 0.15) is 0 Å². The summed E-state index contributed by atoms with van der Waals surface area (Å²) in [7, 11) is 0. The van der Waals surface area contributed by atoms with Crippen LogP contribution >= 0.6 is 24.0 Å². The van der Waals surface area contributed by atoms with Crippen LogP contribution < -0.4 is 10.6 Å². The first-order valence-electron chi connectivity index (χ1n) is 9.71. The fraction of sp³-hybridized carbons (Fsp3) is 0.650. The number of rotatable bonds is 8. The lowest BCUT2D eigenvalue weighted by Crippen LogP contribution is -2.46. The van der Waals surface area contributed by atoms with Crippen molar-refractivity contribution in [2.24, 2.45) is 4.99 Å². The third kappa shape index (κ3) is 9.19. The predicted octanol–water partition coefficient (Wildman–Crippen LogP) is 2.78. The Morgan fingerprint density at radius 2 is 1.73 bits per heavy atom. The van der Waals surface area contributed by atoms with Crippen LogP contribution in [0.1, 0.15) is 32.8 Å². The summed E-state index contributed by atoms with van der Waals surface area (Å²) >= 11 is 0. The number of benzene rings is 1. The summed E-state index contributed by atoms with van der Waals surface area (Å²) in [5.74, 6) is 0.935. The molecule has 26 heavy (non-hydrogen) atoms. The van der Waals surface area contributed by atoms with Gasteiger partial charge >= 0.3 is 0 Å². The van der Waals surface area contributed by atoms with E-state index in [-0.39, 0.29) is 24.0 Å². The van der Waals surface area contributed by atoms with E-state index < -0.39 is 0 Å². The van der Waals surface area contributed by atoms with Gasteiger partial charge in [-0.05, 0) is 32.8 Å². The molecule has 0 bridgehead atoms. The van der Waals surface area contributed by atoms with Crippen LogP contribution in [0.4, 0.5) is 0 Å². The van der Waals surface area contributed by atoms with E-state index in [1.807, 2.05) is 0 Å². The summed E-state index contributed by atoms with van der Waals surface area (Å²) in [4.78, 5) is 9.79. The van der Waals surface area contributed by atoms with Gasteiger partial charge in [-0.2, -0.15) is 0 Å². The van der Waals surface area contributed by atoms with E-state index in [0.29, 0.717) is 6.04 Å². The summed E-state index contributed by atoms with van der Waals surface area (Å²) in [6.45, 7) is 15.0. The van der Waals surface area contributed by atoms with Crippen molar-refractivity contribution in [2.45, 2.75) is 39.8 Å². The van der Waals surface area contributed by atoms with E-state index in [1.165, 1.54) is 18.7 Å². The molecule has 1 saturated heterocycles. The minimum Gasteiger partial charge on any atom is -0.357 e. The zero-order valence-electron chi connectivity index (χ0n) is 16.6. The first-order chi connectivity index (χ1) is 12.2. The maximum absolute atomic E-state index is 4.67. The van der Waals surface area contributed by atoms with Crippen molar-refractivity contribution in [1.82, 2.24) is 20.4 Å². The van der Waals surface area contributed by atoms with Crippen molar-refractivity contribution in [3.8, 4) is 0 Å². The molecule has 0 aromatic heterocycles. The molecular weight excluding hydrogens is 437 g/mol. The molecule has 2 rings (SSSR count). The first kappa shape index (κ1) is 23.2. The predicted molar refractivity (Wildman–Crippen MR) is 122 cm³/mol. The first-order valence-corrected chi connectivity index (χ1v) is 9.71. The Bertz CT molecular complexity index is 498. The highest BCUT2D eigenvalue weighted by molar-refractivity contribution is 14.0. The lowest BCUT2D eigenvalue weighted by atomic mass is 10.2. The average Bonchev–Trinajstić information content (AvgIpc) is 2.60. The molecular formula is C20H36IN5. The van der Waals surface area contributed by atoms with Gasteiger partial charge in [-0.1, -0.05) is 30.3 Å². The number of aliphatic imine (C=N–C) groups is 1. The summed E-state index contributed by atoms with van der Waals surface area (Å²) < 4.78 is 0. The maximum atomic E-state index is 4.67. The largest absolute Gasteiger partial charge is 0.357 e. The van der Waals surface area contributed by atoms with E-state index in [0.717, 1.165) is 51.6 Å². The second-order valence-corrected chi connectivity index (χ2v) is 7.02. The lowest BCUT2D eigenvalue weighted by Gasteiger charge is -2.34. The van der Waals surface area contributed by atoms with Gasteiger partial charge in [0.15, 0.2) is 5.96 Å². The van der Waals surface area contributed by atoms with Gasteiger partial charge in [-0.25, -0.2) is 0 Å². The van der Waals surface area contributed by atoms with E-state index in [2.05, 4.69) is 76.5 Å². The van der Waals surface area contributed by atoms with Crippen LogP contribution in [-0.4, -0.2) is 67.6 Å². The normalized spacial score (nSPS) is 16.4. The van der Waals surface area contributed by atoms with E-state index in [9.17, 15) is 0 Å². The zero-order chi connectivity index (χ0) is 17.9. The van der Waals surface area contributed by atoms with Crippen molar-refractivity contribution in [1.29, 1.82) is 0 Å². The monoisotopic (exact) mass is 473 g/mol. The number of guanidine groups is 1. The zero-order valence-corrected chi connectivity index (χ0v) is 18.9. The van der Waals surface area contributed by atoms with Crippen LogP contribution in [0.5, 0.6) is 0 Å². The van der Waals surface area contributed by atoms with Crippen LogP contribution in [0.2, 0.25) is 0 Å². The Labute approximate surface area is 176 Å². The molecule has 1 aliphatic heterocycles. The minimum atomic E-state index is 0. The highest BCUT2D eigenvalue weighted by Gasteiger charge is 2.16. The van der Waals surface area contributed by atoms with Crippen LogP contribution in [0, 0.1) is 0 Å². The van der Waals surface area contributed by atoms with Gasteiger partial charge in [-0.3, -0.25) is 9.89 Å². The van der Waals surface area contributed by atoms with Crippen LogP contribution in [0.15, 0.2) is 35.3 Å². The molecule has 0 radical (unpaired) electrons. The molecule has 148 valence electrons. The maximum Gasteiger partial charge on any atom is 0.191 e. The standard InChI is InChI=1S/C20H35N5.HI/c1-4-21-20(23-18(2)3)22-11-8-12-24-13-15-25(16-14-24)17-19-9-6-5-7-10-19;/h5-7,9-10,18H,4,8,11-17H2,1-3H3,(H2,21,22,23);1H. The molecule has 1 heterocycles. The van der Waals surface area contributed by atoms with Gasteiger partial charge in [0.25, 0.3) is 0 Å². The Morgan fingerprint density at radius 1 is 1.08 bits per heavy atom. The average molecular weight is 473 g/mol. The second-order valence-electron chi connectivity index (χ2n) is 7.02. The molecule has 0 spiro atoms. The highest BCUT2D eigenvalue weighted by atomic mass is 127. The molecule has 6 heteroatoms. The van der Waals surface area contributed by atoms with Crippen molar-refractivity contribution >= 4 is 29.9 Å².